The zero-order valence-corrected chi connectivity index (χ0v) is 12.0. The van der Waals surface area contributed by atoms with Crippen molar-refractivity contribution in [1.29, 1.82) is 0 Å². The van der Waals surface area contributed by atoms with E-state index in [4.69, 9.17) is 28.9 Å². The average molecular weight is 319 g/mol. The molecule has 3 heterocycles. The second-order valence-electron chi connectivity index (χ2n) is 4.51. The molecule has 8 heteroatoms. The van der Waals surface area contributed by atoms with E-state index in [0.29, 0.717) is 32.6 Å². The smallest absolute Gasteiger partial charge is 0.183 e. The molecular weight excluding hydrogens is 311 g/mol. The van der Waals surface area contributed by atoms with E-state index in [-0.39, 0.29) is 5.82 Å². The lowest BCUT2D eigenvalue weighted by atomic mass is 10.2. The molecule has 104 valence electrons. The molecule has 0 fully saturated rings. The third kappa shape index (κ3) is 1.63. The van der Waals surface area contributed by atoms with Crippen molar-refractivity contribution in [1.82, 2.24) is 24.8 Å². The largest absolute Gasteiger partial charge is 0.382 e. The molecule has 0 bridgehead atoms. The number of aromatic nitrogens is 5. The lowest BCUT2D eigenvalue weighted by molar-refractivity contribution is 1.11. The van der Waals surface area contributed by atoms with E-state index in [2.05, 4.69) is 20.4 Å². The van der Waals surface area contributed by atoms with E-state index in [1.165, 1.54) is 0 Å². The standard InChI is InChI=1S/C13H8Cl2N6/c14-8-9-7(11(16)18-17-9)10(15)21-12(19-20-13(8)21)6-4-2-1-3-5-6/h1-5,17H,(H2,16,18). The van der Waals surface area contributed by atoms with Gasteiger partial charge in [-0.25, -0.2) is 0 Å². The van der Waals surface area contributed by atoms with Crippen LogP contribution >= 0.6 is 23.2 Å². The number of halogens is 2. The van der Waals surface area contributed by atoms with E-state index in [0.717, 1.165) is 5.56 Å². The summed E-state index contributed by atoms with van der Waals surface area (Å²) >= 11 is 12.8. The van der Waals surface area contributed by atoms with Gasteiger partial charge in [-0.1, -0.05) is 53.5 Å². The number of anilines is 1. The Bertz CT molecular complexity index is 973. The molecule has 0 atom stereocenters. The zero-order valence-electron chi connectivity index (χ0n) is 10.5. The van der Waals surface area contributed by atoms with Crippen LogP contribution in [0.2, 0.25) is 10.2 Å². The molecule has 3 N–H and O–H groups in total. The number of hydrogen-bond acceptors (Lipinski definition) is 4. The predicted molar refractivity (Wildman–Crippen MR) is 82.5 cm³/mol. The van der Waals surface area contributed by atoms with Gasteiger partial charge in [-0.05, 0) is 0 Å². The Morgan fingerprint density at radius 2 is 1.86 bits per heavy atom. The summed E-state index contributed by atoms with van der Waals surface area (Å²) in [7, 11) is 0. The fraction of sp³-hybridized carbons (Fsp3) is 0. The Kier molecular flexibility index (Phi) is 2.57. The summed E-state index contributed by atoms with van der Waals surface area (Å²) in [6.45, 7) is 0. The Hall–Kier alpha value is -2.31. The van der Waals surface area contributed by atoms with E-state index in [9.17, 15) is 0 Å². The molecule has 0 aliphatic heterocycles. The SMILES string of the molecule is Nc1n[nH]c2c(Cl)c3nnc(-c4ccccc4)n3c(Cl)c12. The highest BCUT2D eigenvalue weighted by Crippen LogP contribution is 2.36. The van der Waals surface area contributed by atoms with Gasteiger partial charge >= 0.3 is 0 Å². The summed E-state index contributed by atoms with van der Waals surface area (Å²) in [5, 5.41) is 16.3. The van der Waals surface area contributed by atoms with Crippen LogP contribution in [0.1, 0.15) is 0 Å². The molecule has 1 aromatic carbocycles. The molecule has 0 aliphatic carbocycles. The third-order valence-corrected chi connectivity index (χ3v) is 4.02. The van der Waals surface area contributed by atoms with E-state index < -0.39 is 0 Å². The molecule has 0 spiro atoms. The quantitative estimate of drug-likeness (QED) is 0.528. The molecule has 0 unspecified atom stereocenters. The summed E-state index contributed by atoms with van der Waals surface area (Å²) in [6.07, 6.45) is 0. The minimum absolute atomic E-state index is 0.284. The van der Waals surface area contributed by atoms with Crippen molar-refractivity contribution in [3.63, 3.8) is 0 Å². The number of nitrogens with zero attached hydrogens (tertiary/aromatic N) is 4. The van der Waals surface area contributed by atoms with Gasteiger partial charge in [0, 0.05) is 5.56 Å². The molecule has 4 aromatic rings. The maximum absolute atomic E-state index is 6.47. The van der Waals surface area contributed by atoms with Gasteiger partial charge in [0.05, 0.1) is 10.9 Å². The Labute approximate surface area is 128 Å². The van der Waals surface area contributed by atoms with Crippen LogP contribution in [-0.2, 0) is 0 Å². The number of hydrogen-bond donors (Lipinski definition) is 2. The highest BCUT2D eigenvalue weighted by molar-refractivity contribution is 6.42. The molecule has 0 aliphatic rings. The van der Waals surface area contributed by atoms with Crippen LogP contribution in [0.3, 0.4) is 0 Å². The second kappa shape index (κ2) is 4.34. The van der Waals surface area contributed by atoms with Crippen molar-refractivity contribution in [2.24, 2.45) is 0 Å². The highest BCUT2D eigenvalue weighted by Gasteiger charge is 2.21. The molecular formula is C13H8Cl2N6. The monoisotopic (exact) mass is 318 g/mol. The van der Waals surface area contributed by atoms with Gasteiger partial charge < -0.3 is 5.73 Å². The van der Waals surface area contributed by atoms with Gasteiger partial charge in [-0.3, -0.25) is 9.50 Å². The maximum Gasteiger partial charge on any atom is 0.183 e. The molecule has 21 heavy (non-hydrogen) atoms. The first kappa shape index (κ1) is 12.4. The minimum atomic E-state index is 0.284. The molecule has 6 nitrogen and oxygen atoms in total. The Morgan fingerprint density at radius 3 is 2.62 bits per heavy atom. The number of benzene rings is 1. The van der Waals surface area contributed by atoms with Gasteiger partial charge in [-0.2, -0.15) is 5.10 Å². The van der Waals surface area contributed by atoms with Gasteiger partial charge in [0.1, 0.15) is 10.2 Å². The number of fused-ring (bicyclic) bond motifs is 2. The number of rotatable bonds is 1. The molecule has 3 aromatic heterocycles. The van der Waals surface area contributed by atoms with Gasteiger partial charge in [-0.15, -0.1) is 10.2 Å². The number of nitrogens with two attached hydrogens (primary N) is 1. The zero-order chi connectivity index (χ0) is 14.6. The van der Waals surface area contributed by atoms with Crippen LogP contribution in [0.4, 0.5) is 5.82 Å². The van der Waals surface area contributed by atoms with Gasteiger partial charge in [0.15, 0.2) is 17.3 Å². The summed E-state index contributed by atoms with van der Waals surface area (Å²) in [4.78, 5) is 0. The van der Waals surface area contributed by atoms with Crippen molar-refractivity contribution < 1.29 is 0 Å². The first-order valence-corrected chi connectivity index (χ1v) is 6.85. The molecule has 0 amide bonds. The van der Waals surface area contributed by atoms with Gasteiger partial charge in [0.25, 0.3) is 0 Å². The van der Waals surface area contributed by atoms with Crippen LogP contribution in [0.25, 0.3) is 27.9 Å². The number of nitrogen functional groups attached to an aromatic ring is 1. The molecule has 0 radical (unpaired) electrons. The van der Waals surface area contributed by atoms with Crippen LogP contribution < -0.4 is 5.73 Å². The topological polar surface area (TPSA) is 84.9 Å². The average Bonchev–Trinajstić information content (AvgIpc) is 3.10. The van der Waals surface area contributed by atoms with Crippen LogP contribution in [0.15, 0.2) is 30.3 Å². The summed E-state index contributed by atoms with van der Waals surface area (Å²) in [5.74, 6) is 0.881. The normalized spacial score (nSPS) is 11.5. The number of pyridine rings is 1. The summed E-state index contributed by atoms with van der Waals surface area (Å²) in [5.41, 5.74) is 7.74. The maximum atomic E-state index is 6.47. The van der Waals surface area contributed by atoms with Crippen molar-refractivity contribution in [2.45, 2.75) is 0 Å². The van der Waals surface area contributed by atoms with E-state index in [1.54, 1.807) is 4.40 Å². The van der Waals surface area contributed by atoms with Gasteiger partial charge in [0.2, 0.25) is 0 Å². The number of H-pyrrole nitrogens is 1. The predicted octanol–water partition coefficient (Wildman–Crippen LogP) is 3.16. The van der Waals surface area contributed by atoms with Crippen molar-refractivity contribution >= 4 is 45.6 Å². The second-order valence-corrected chi connectivity index (χ2v) is 5.25. The fourth-order valence-corrected chi connectivity index (χ4v) is 2.94. The third-order valence-electron chi connectivity index (χ3n) is 3.31. The number of nitrogens with one attached hydrogen (secondary N) is 1. The summed E-state index contributed by atoms with van der Waals surface area (Å²) < 4.78 is 1.67. The lowest BCUT2D eigenvalue weighted by Gasteiger charge is -2.05. The lowest BCUT2D eigenvalue weighted by Crippen LogP contribution is -1.95. The fourth-order valence-electron chi connectivity index (χ4n) is 2.33. The van der Waals surface area contributed by atoms with Crippen molar-refractivity contribution in [3.05, 3.63) is 40.5 Å². The number of aromatic amines is 1. The molecule has 0 saturated carbocycles. The minimum Gasteiger partial charge on any atom is -0.382 e. The molecule has 4 rings (SSSR count). The first-order valence-electron chi connectivity index (χ1n) is 6.09. The Balaban J connectivity index is 2.19. The molecule has 0 saturated heterocycles. The van der Waals surface area contributed by atoms with Crippen molar-refractivity contribution in [2.75, 3.05) is 5.73 Å². The summed E-state index contributed by atoms with van der Waals surface area (Å²) in [6, 6.07) is 9.59. The van der Waals surface area contributed by atoms with E-state index in [1.807, 2.05) is 30.3 Å². The van der Waals surface area contributed by atoms with E-state index >= 15 is 0 Å². The highest BCUT2D eigenvalue weighted by atomic mass is 35.5. The van der Waals surface area contributed by atoms with Crippen LogP contribution in [0.5, 0.6) is 0 Å². The first-order chi connectivity index (χ1) is 10.2. The Morgan fingerprint density at radius 1 is 1.10 bits per heavy atom. The van der Waals surface area contributed by atoms with Crippen LogP contribution in [0, 0.1) is 0 Å². The van der Waals surface area contributed by atoms with Crippen LogP contribution in [-0.4, -0.2) is 24.8 Å². The van der Waals surface area contributed by atoms with Crippen molar-refractivity contribution in [3.8, 4) is 11.4 Å².